The Morgan fingerprint density at radius 2 is 2.11 bits per heavy atom. The van der Waals surface area contributed by atoms with Crippen LogP contribution in [0.2, 0.25) is 0 Å². The van der Waals surface area contributed by atoms with Gasteiger partial charge in [0.05, 0.1) is 0 Å². The summed E-state index contributed by atoms with van der Waals surface area (Å²) in [4.78, 5) is 8.73. The molecule has 9 heavy (non-hydrogen) atoms. The second-order valence-corrected chi connectivity index (χ2v) is 2.49. The van der Waals surface area contributed by atoms with Crippen LogP contribution in [0.5, 0.6) is 0 Å². The smallest absolute Gasteiger partial charge is 0.339 e. The minimum absolute atomic E-state index is 0.0856. The van der Waals surface area contributed by atoms with E-state index in [1.807, 2.05) is 6.92 Å². The average Bonchev–Trinajstić information content (AvgIpc) is 2.50. The standard InChI is InChI=1S/C6H12O3/c1-3-4-5(2)6(7)8-9-6/h5,7H,3-4H2,1-2H3. The maximum absolute atomic E-state index is 9.08. The van der Waals surface area contributed by atoms with Crippen molar-refractivity contribution in [1.82, 2.24) is 0 Å². The van der Waals surface area contributed by atoms with Gasteiger partial charge >= 0.3 is 5.97 Å². The van der Waals surface area contributed by atoms with Gasteiger partial charge in [-0.05, 0) is 6.42 Å². The van der Waals surface area contributed by atoms with Crippen molar-refractivity contribution in [2.45, 2.75) is 32.7 Å². The van der Waals surface area contributed by atoms with Crippen LogP contribution in [0.4, 0.5) is 0 Å². The first-order valence-electron chi connectivity index (χ1n) is 3.28. The Morgan fingerprint density at radius 1 is 1.56 bits per heavy atom. The second kappa shape index (κ2) is 2.25. The largest absolute Gasteiger partial charge is 0.340 e. The minimum atomic E-state index is -1.24. The van der Waals surface area contributed by atoms with Crippen LogP contribution in [0.1, 0.15) is 26.7 Å². The third-order valence-corrected chi connectivity index (χ3v) is 1.60. The molecule has 0 aromatic rings. The van der Waals surface area contributed by atoms with Gasteiger partial charge in [-0.25, -0.2) is 0 Å². The molecule has 3 nitrogen and oxygen atoms in total. The fraction of sp³-hybridized carbons (Fsp3) is 1.00. The van der Waals surface area contributed by atoms with Gasteiger partial charge in [-0.2, -0.15) is 9.78 Å². The van der Waals surface area contributed by atoms with E-state index in [2.05, 4.69) is 16.7 Å². The van der Waals surface area contributed by atoms with Crippen molar-refractivity contribution in [1.29, 1.82) is 0 Å². The van der Waals surface area contributed by atoms with Gasteiger partial charge in [0.15, 0.2) is 0 Å². The van der Waals surface area contributed by atoms with E-state index in [9.17, 15) is 0 Å². The Balaban J connectivity index is 2.24. The Morgan fingerprint density at radius 3 is 2.44 bits per heavy atom. The van der Waals surface area contributed by atoms with Crippen LogP contribution in [0.15, 0.2) is 0 Å². The molecule has 1 heterocycles. The monoisotopic (exact) mass is 132 g/mol. The van der Waals surface area contributed by atoms with Crippen molar-refractivity contribution >= 4 is 0 Å². The first-order chi connectivity index (χ1) is 4.19. The van der Waals surface area contributed by atoms with Crippen LogP contribution in [-0.2, 0) is 9.78 Å². The van der Waals surface area contributed by atoms with Gasteiger partial charge in [0, 0.05) is 5.92 Å². The minimum Gasteiger partial charge on any atom is -0.339 e. The molecule has 0 amide bonds. The summed E-state index contributed by atoms with van der Waals surface area (Å²) in [5.41, 5.74) is 0. The lowest BCUT2D eigenvalue weighted by molar-refractivity contribution is -0.0250. The Hall–Kier alpha value is -0.120. The lowest BCUT2D eigenvalue weighted by Crippen LogP contribution is -2.19. The van der Waals surface area contributed by atoms with E-state index in [-0.39, 0.29) is 5.92 Å². The molecule has 1 aliphatic heterocycles. The molecule has 3 heteroatoms. The van der Waals surface area contributed by atoms with Crippen LogP contribution >= 0.6 is 0 Å². The molecule has 0 saturated carbocycles. The highest BCUT2D eigenvalue weighted by molar-refractivity contribution is 4.66. The number of aliphatic hydroxyl groups is 1. The zero-order chi connectivity index (χ0) is 6.91. The second-order valence-electron chi connectivity index (χ2n) is 2.49. The number of rotatable bonds is 3. The predicted octanol–water partition coefficient (Wildman–Crippen LogP) is 1.03. The third kappa shape index (κ3) is 1.41. The molecule has 54 valence electrons. The van der Waals surface area contributed by atoms with Gasteiger partial charge in [0.1, 0.15) is 0 Å². The fourth-order valence-corrected chi connectivity index (χ4v) is 0.822. The van der Waals surface area contributed by atoms with Crippen molar-refractivity contribution in [3.63, 3.8) is 0 Å². The lowest BCUT2D eigenvalue weighted by atomic mass is 10.1. The molecule has 0 aliphatic carbocycles. The highest BCUT2D eigenvalue weighted by Crippen LogP contribution is 2.36. The molecular weight excluding hydrogens is 120 g/mol. The van der Waals surface area contributed by atoms with Gasteiger partial charge in [-0.1, -0.05) is 20.3 Å². The first-order valence-corrected chi connectivity index (χ1v) is 3.28. The van der Waals surface area contributed by atoms with E-state index in [0.29, 0.717) is 0 Å². The Kier molecular flexibility index (Phi) is 1.75. The molecule has 1 rings (SSSR count). The van der Waals surface area contributed by atoms with Crippen LogP contribution in [-0.4, -0.2) is 11.1 Å². The summed E-state index contributed by atoms with van der Waals surface area (Å²) in [6.45, 7) is 3.96. The topological polar surface area (TPSA) is 45.3 Å². The van der Waals surface area contributed by atoms with Crippen molar-refractivity contribution in [2.24, 2.45) is 5.92 Å². The molecule has 1 saturated heterocycles. The van der Waals surface area contributed by atoms with Gasteiger partial charge < -0.3 is 5.11 Å². The summed E-state index contributed by atoms with van der Waals surface area (Å²) in [6, 6.07) is 0. The van der Waals surface area contributed by atoms with Crippen LogP contribution in [0, 0.1) is 5.92 Å². The molecule has 0 spiro atoms. The highest BCUT2D eigenvalue weighted by Gasteiger charge is 2.51. The SMILES string of the molecule is CCCC(C)C1(O)OO1. The Labute approximate surface area is 54.5 Å². The molecule has 1 unspecified atom stereocenters. The van der Waals surface area contributed by atoms with Crippen molar-refractivity contribution < 1.29 is 14.9 Å². The summed E-state index contributed by atoms with van der Waals surface area (Å²) < 4.78 is 0. The van der Waals surface area contributed by atoms with E-state index in [4.69, 9.17) is 5.11 Å². The summed E-state index contributed by atoms with van der Waals surface area (Å²) in [5, 5.41) is 9.08. The van der Waals surface area contributed by atoms with E-state index in [1.165, 1.54) is 0 Å². The summed E-state index contributed by atoms with van der Waals surface area (Å²) >= 11 is 0. The van der Waals surface area contributed by atoms with E-state index >= 15 is 0 Å². The molecule has 0 bridgehead atoms. The first kappa shape index (κ1) is 6.99. The zero-order valence-corrected chi connectivity index (χ0v) is 5.76. The molecule has 1 N–H and O–H groups in total. The summed E-state index contributed by atoms with van der Waals surface area (Å²) in [6.07, 6.45) is 1.96. The van der Waals surface area contributed by atoms with Gasteiger partial charge in [-0.15, -0.1) is 0 Å². The number of hydrogen-bond acceptors (Lipinski definition) is 3. The number of hydrogen-bond donors (Lipinski definition) is 1. The molecule has 0 aromatic heterocycles. The normalized spacial score (nSPS) is 25.7. The maximum atomic E-state index is 9.08. The third-order valence-electron chi connectivity index (χ3n) is 1.60. The van der Waals surface area contributed by atoms with E-state index < -0.39 is 5.97 Å². The zero-order valence-electron chi connectivity index (χ0n) is 5.76. The quantitative estimate of drug-likeness (QED) is 0.460. The van der Waals surface area contributed by atoms with Gasteiger partial charge in [-0.3, -0.25) is 0 Å². The molecule has 0 aromatic carbocycles. The van der Waals surface area contributed by atoms with Crippen LogP contribution in [0.3, 0.4) is 0 Å². The maximum Gasteiger partial charge on any atom is 0.340 e. The van der Waals surface area contributed by atoms with Crippen LogP contribution < -0.4 is 0 Å². The molecule has 1 atom stereocenters. The van der Waals surface area contributed by atoms with Gasteiger partial charge in [0.25, 0.3) is 0 Å². The van der Waals surface area contributed by atoms with E-state index in [0.717, 1.165) is 12.8 Å². The predicted molar refractivity (Wildman–Crippen MR) is 31.2 cm³/mol. The highest BCUT2D eigenvalue weighted by atomic mass is 17.4. The lowest BCUT2D eigenvalue weighted by Gasteiger charge is -2.07. The summed E-state index contributed by atoms with van der Waals surface area (Å²) in [7, 11) is 0. The van der Waals surface area contributed by atoms with Crippen molar-refractivity contribution in [3.05, 3.63) is 0 Å². The van der Waals surface area contributed by atoms with E-state index in [1.54, 1.807) is 0 Å². The molecule has 1 aliphatic rings. The average molecular weight is 132 g/mol. The molecule has 1 fully saturated rings. The van der Waals surface area contributed by atoms with Gasteiger partial charge in [0.2, 0.25) is 0 Å². The van der Waals surface area contributed by atoms with Crippen LogP contribution in [0.25, 0.3) is 0 Å². The molecular formula is C6H12O3. The molecule has 0 radical (unpaired) electrons. The Bertz CT molecular complexity index is 98.5. The van der Waals surface area contributed by atoms with Crippen molar-refractivity contribution in [3.8, 4) is 0 Å². The van der Waals surface area contributed by atoms with Crippen molar-refractivity contribution in [2.75, 3.05) is 0 Å². The fourth-order valence-electron chi connectivity index (χ4n) is 0.822. The summed E-state index contributed by atoms with van der Waals surface area (Å²) in [5.74, 6) is -1.15.